The first-order valence-electron chi connectivity index (χ1n) is 4.53. The summed E-state index contributed by atoms with van der Waals surface area (Å²) in [6.45, 7) is 0.516. The molecule has 6 heteroatoms. The van der Waals surface area contributed by atoms with Gasteiger partial charge in [-0.1, -0.05) is 0 Å². The number of hydrogen-bond acceptors (Lipinski definition) is 6. The predicted molar refractivity (Wildman–Crippen MR) is 50.0 cm³/mol. The van der Waals surface area contributed by atoms with Crippen molar-refractivity contribution in [2.75, 3.05) is 6.61 Å². The largest absolute Gasteiger partial charge is 0.394 e. The number of Topliss-reactive ketones (excluding diaryl/α,β-unsaturated/α-hetero) is 1. The van der Waals surface area contributed by atoms with E-state index in [1.165, 1.54) is 6.92 Å². The Labute approximate surface area is 87.2 Å². The first kappa shape index (κ1) is 14.2. The molecule has 0 aromatic heterocycles. The SMILES string of the molecule is CC(=O)C[C@@H](C=O)[C@H](O)[C@@H](O)[C@@H](O)CO. The second-order valence-corrected chi connectivity index (χ2v) is 3.44. The summed E-state index contributed by atoms with van der Waals surface area (Å²) in [4.78, 5) is 21.2. The number of ketones is 1. The minimum Gasteiger partial charge on any atom is -0.394 e. The third-order valence-electron chi connectivity index (χ3n) is 2.07. The van der Waals surface area contributed by atoms with Crippen molar-refractivity contribution in [1.82, 2.24) is 0 Å². The molecule has 0 bridgehead atoms. The molecule has 4 atom stereocenters. The summed E-state index contributed by atoms with van der Waals surface area (Å²) in [5.74, 6) is -1.38. The molecular formula is C9H16O6. The Bertz CT molecular complexity index is 217. The molecule has 0 unspecified atom stereocenters. The molecule has 15 heavy (non-hydrogen) atoms. The average molecular weight is 220 g/mol. The van der Waals surface area contributed by atoms with E-state index < -0.39 is 30.8 Å². The van der Waals surface area contributed by atoms with E-state index in [4.69, 9.17) is 10.2 Å². The van der Waals surface area contributed by atoms with Gasteiger partial charge in [-0.25, -0.2) is 0 Å². The van der Waals surface area contributed by atoms with Crippen LogP contribution >= 0.6 is 0 Å². The highest BCUT2D eigenvalue weighted by molar-refractivity contribution is 5.78. The lowest BCUT2D eigenvalue weighted by molar-refractivity contribution is -0.132. The summed E-state index contributed by atoms with van der Waals surface area (Å²) in [7, 11) is 0. The van der Waals surface area contributed by atoms with Gasteiger partial charge in [-0.3, -0.25) is 0 Å². The highest BCUT2D eigenvalue weighted by Gasteiger charge is 2.31. The summed E-state index contributed by atoms with van der Waals surface area (Å²) in [5, 5.41) is 36.2. The number of hydrogen-bond donors (Lipinski definition) is 4. The summed E-state index contributed by atoms with van der Waals surface area (Å²) in [5.41, 5.74) is 0. The van der Waals surface area contributed by atoms with E-state index in [1.54, 1.807) is 0 Å². The van der Waals surface area contributed by atoms with E-state index in [2.05, 4.69) is 0 Å². The van der Waals surface area contributed by atoms with Crippen LogP contribution in [0.15, 0.2) is 0 Å². The molecule has 0 radical (unpaired) electrons. The molecule has 0 saturated carbocycles. The van der Waals surface area contributed by atoms with Gasteiger partial charge in [-0.15, -0.1) is 0 Å². The van der Waals surface area contributed by atoms with Gasteiger partial charge in [0, 0.05) is 6.42 Å². The van der Waals surface area contributed by atoms with Crippen molar-refractivity contribution in [3.8, 4) is 0 Å². The lowest BCUT2D eigenvalue weighted by Gasteiger charge is -2.25. The van der Waals surface area contributed by atoms with Gasteiger partial charge in [0.15, 0.2) is 0 Å². The maximum atomic E-state index is 10.7. The predicted octanol–water partition coefficient (Wildman–Crippen LogP) is -2.14. The highest BCUT2D eigenvalue weighted by atomic mass is 16.4. The molecule has 6 nitrogen and oxygen atoms in total. The van der Waals surface area contributed by atoms with Crippen molar-refractivity contribution in [3.05, 3.63) is 0 Å². The van der Waals surface area contributed by atoms with Gasteiger partial charge < -0.3 is 30.0 Å². The van der Waals surface area contributed by atoms with Crippen LogP contribution in [0.5, 0.6) is 0 Å². The maximum absolute atomic E-state index is 10.7. The van der Waals surface area contributed by atoms with E-state index in [1.807, 2.05) is 0 Å². The number of rotatable bonds is 7. The molecule has 0 heterocycles. The fourth-order valence-corrected chi connectivity index (χ4v) is 1.17. The zero-order chi connectivity index (χ0) is 12.0. The van der Waals surface area contributed by atoms with Gasteiger partial charge in [0.25, 0.3) is 0 Å². The monoisotopic (exact) mass is 220 g/mol. The third-order valence-corrected chi connectivity index (χ3v) is 2.07. The molecule has 0 spiro atoms. The van der Waals surface area contributed by atoms with Crippen LogP contribution in [-0.4, -0.2) is 57.4 Å². The van der Waals surface area contributed by atoms with Gasteiger partial charge >= 0.3 is 0 Å². The van der Waals surface area contributed by atoms with E-state index in [0.717, 1.165) is 0 Å². The van der Waals surface area contributed by atoms with Crippen LogP contribution in [0.4, 0.5) is 0 Å². The summed E-state index contributed by atoms with van der Waals surface area (Å²) >= 11 is 0. The van der Waals surface area contributed by atoms with Crippen molar-refractivity contribution < 1.29 is 30.0 Å². The third kappa shape index (κ3) is 4.48. The fraction of sp³-hybridized carbons (Fsp3) is 0.778. The quantitative estimate of drug-likeness (QED) is 0.364. The maximum Gasteiger partial charge on any atom is 0.130 e. The van der Waals surface area contributed by atoms with E-state index in [0.29, 0.717) is 6.29 Å². The Morgan fingerprint density at radius 2 is 1.80 bits per heavy atom. The minimum absolute atomic E-state index is 0.208. The zero-order valence-corrected chi connectivity index (χ0v) is 8.41. The Balaban J connectivity index is 4.42. The van der Waals surface area contributed by atoms with Gasteiger partial charge in [0.2, 0.25) is 0 Å². The molecule has 0 fully saturated rings. The molecule has 0 aliphatic rings. The van der Waals surface area contributed by atoms with Crippen LogP contribution < -0.4 is 0 Å². The van der Waals surface area contributed by atoms with E-state index in [-0.39, 0.29) is 12.2 Å². The molecule has 0 aromatic carbocycles. The second-order valence-electron chi connectivity index (χ2n) is 3.44. The van der Waals surface area contributed by atoms with Crippen LogP contribution in [0.3, 0.4) is 0 Å². The normalized spacial score (nSPS) is 19.0. The number of carbonyl (C=O) groups is 2. The van der Waals surface area contributed by atoms with Crippen LogP contribution in [-0.2, 0) is 9.59 Å². The molecule has 0 aliphatic carbocycles. The Morgan fingerprint density at radius 1 is 1.27 bits per heavy atom. The highest BCUT2D eigenvalue weighted by Crippen LogP contribution is 2.13. The van der Waals surface area contributed by atoms with Crippen molar-refractivity contribution >= 4 is 12.1 Å². The molecule has 88 valence electrons. The number of aliphatic hydroxyl groups is 4. The standard InChI is InChI=1S/C9H16O6/c1-5(12)2-6(3-10)8(14)9(15)7(13)4-11/h3,6-9,11,13-15H,2,4H2,1H3/t6-,7-,8-,9-/m0/s1. The molecule has 4 N–H and O–H groups in total. The number of aliphatic hydroxyl groups excluding tert-OH is 4. The first-order valence-corrected chi connectivity index (χ1v) is 4.53. The van der Waals surface area contributed by atoms with Crippen LogP contribution in [0.2, 0.25) is 0 Å². The van der Waals surface area contributed by atoms with E-state index >= 15 is 0 Å². The average Bonchev–Trinajstić information content (AvgIpc) is 2.22. The van der Waals surface area contributed by atoms with Crippen LogP contribution in [0, 0.1) is 5.92 Å². The number of carbonyl (C=O) groups excluding carboxylic acids is 2. The van der Waals surface area contributed by atoms with Gasteiger partial charge in [0.05, 0.1) is 18.6 Å². The van der Waals surface area contributed by atoms with Gasteiger partial charge in [0.1, 0.15) is 24.3 Å². The molecule has 0 aliphatic heterocycles. The smallest absolute Gasteiger partial charge is 0.130 e. The van der Waals surface area contributed by atoms with Gasteiger partial charge in [-0.05, 0) is 6.92 Å². The Morgan fingerprint density at radius 3 is 2.13 bits per heavy atom. The minimum atomic E-state index is -1.65. The van der Waals surface area contributed by atoms with Crippen molar-refractivity contribution in [1.29, 1.82) is 0 Å². The molecule has 0 rings (SSSR count). The lowest BCUT2D eigenvalue weighted by atomic mass is 9.92. The van der Waals surface area contributed by atoms with Crippen LogP contribution in [0.1, 0.15) is 13.3 Å². The fourth-order valence-electron chi connectivity index (χ4n) is 1.17. The first-order chi connectivity index (χ1) is 6.93. The second kappa shape index (κ2) is 6.62. The topological polar surface area (TPSA) is 115 Å². The summed E-state index contributed by atoms with van der Waals surface area (Å²) < 4.78 is 0. The van der Waals surface area contributed by atoms with E-state index in [9.17, 15) is 19.8 Å². The Kier molecular flexibility index (Phi) is 6.26. The van der Waals surface area contributed by atoms with Crippen molar-refractivity contribution in [2.24, 2.45) is 5.92 Å². The molecule has 0 aromatic rings. The summed E-state index contributed by atoms with van der Waals surface area (Å²) in [6, 6.07) is 0. The van der Waals surface area contributed by atoms with Gasteiger partial charge in [-0.2, -0.15) is 0 Å². The van der Waals surface area contributed by atoms with Crippen molar-refractivity contribution in [2.45, 2.75) is 31.7 Å². The lowest BCUT2D eigenvalue weighted by Crippen LogP contribution is -2.44. The van der Waals surface area contributed by atoms with Crippen molar-refractivity contribution in [3.63, 3.8) is 0 Å². The summed E-state index contributed by atoms with van der Waals surface area (Å²) in [6.07, 6.45) is -4.60. The Hall–Kier alpha value is -0.820. The van der Waals surface area contributed by atoms with Crippen LogP contribution in [0.25, 0.3) is 0 Å². The zero-order valence-electron chi connectivity index (χ0n) is 8.41. The molecule has 0 amide bonds. The number of aldehydes is 1. The molecule has 0 saturated heterocycles. The molecular weight excluding hydrogens is 204 g/mol.